The third kappa shape index (κ3) is 12.3. The Bertz CT molecular complexity index is 2210. The first-order valence-electron chi connectivity index (χ1n) is 24.2. The minimum absolute atomic E-state index is 0.241. The molecule has 5 rings (SSSR count). The highest BCUT2D eigenvalue weighted by Crippen LogP contribution is 2.48. The van der Waals surface area contributed by atoms with Crippen molar-refractivity contribution in [1.82, 2.24) is 0 Å². The third-order valence-electron chi connectivity index (χ3n) is 12.2. The SMILES string of the molecule is CCCCCCCC(=O)Oc1c2c(c(OC(=O)CCCCCCC)c3c(C)cccc13)=c1c(OC(=O)CCCCCCC)c3c(C)cccc3c(OC(=O)CCCCCCC)c1=2. The lowest BCUT2D eigenvalue weighted by molar-refractivity contribution is -0.135. The summed E-state index contributed by atoms with van der Waals surface area (Å²) < 4.78 is 25.9. The van der Waals surface area contributed by atoms with Gasteiger partial charge in [0, 0.05) is 68.1 Å². The number of aryl methyl sites for hydroxylation is 2. The van der Waals surface area contributed by atoms with Crippen LogP contribution in [-0.4, -0.2) is 23.9 Å². The Kier molecular flexibility index (Phi) is 19.3. The fraction of sp³-hybridized carbons (Fsp3) is 0.556. The van der Waals surface area contributed by atoms with E-state index < -0.39 is 0 Å². The highest BCUT2D eigenvalue weighted by atomic mass is 16.6. The second kappa shape index (κ2) is 24.8. The van der Waals surface area contributed by atoms with Crippen LogP contribution < -0.4 is 18.9 Å². The van der Waals surface area contributed by atoms with Crippen molar-refractivity contribution in [2.75, 3.05) is 0 Å². The number of hydrogen-bond donors (Lipinski definition) is 0. The van der Waals surface area contributed by atoms with E-state index in [2.05, 4.69) is 27.7 Å². The largest absolute Gasteiger partial charge is 0.425 e. The molecule has 8 nitrogen and oxygen atoms in total. The maximum absolute atomic E-state index is 13.9. The second-order valence-electron chi connectivity index (χ2n) is 17.4. The van der Waals surface area contributed by atoms with Gasteiger partial charge >= 0.3 is 23.9 Å². The summed E-state index contributed by atoms with van der Waals surface area (Å²) in [6, 6.07) is 11.5. The molecule has 0 aromatic heterocycles. The smallest absolute Gasteiger partial charge is 0.311 e. The summed E-state index contributed by atoms with van der Waals surface area (Å²) in [5.74, 6) is -0.162. The monoisotopic (exact) mass is 849 g/mol. The van der Waals surface area contributed by atoms with Gasteiger partial charge in [-0.15, -0.1) is 0 Å². The summed E-state index contributed by atoms with van der Waals surface area (Å²) >= 11 is 0. The predicted molar refractivity (Wildman–Crippen MR) is 249 cm³/mol. The highest BCUT2D eigenvalue weighted by molar-refractivity contribution is 6.02. The van der Waals surface area contributed by atoms with Gasteiger partial charge in [-0.2, -0.15) is 0 Å². The van der Waals surface area contributed by atoms with Crippen molar-refractivity contribution in [3.05, 3.63) is 68.4 Å². The highest BCUT2D eigenvalue weighted by Gasteiger charge is 2.31. The van der Waals surface area contributed by atoms with Crippen LogP contribution in [0.15, 0.2) is 36.4 Å². The Hall–Kier alpha value is -4.72. The zero-order valence-electron chi connectivity index (χ0n) is 38.7. The Morgan fingerprint density at radius 2 is 0.613 bits per heavy atom. The summed E-state index contributed by atoms with van der Waals surface area (Å²) in [6.45, 7) is 12.6. The average Bonchev–Trinajstić information content (AvgIpc) is 3.23. The maximum atomic E-state index is 13.9. The Labute approximate surface area is 369 Å². The van der Waals surface area contributed by atoms with E-state index in [1.807, 2.05) is 50.2 Å². The molecule has 0 bridgehead atoms. The number of rotatable bonds is 28. The molecule has 0 atom stereocenters. The quantitative estimate of drug-likeness (QED) is 0.0278. The van der Waals surface area contributed by atoms with E-state index in [0.717, 1.165) is 114 Å². The van der Waals surface area contributed by atoms with Crippen LogP contribution in [0.3, 0.4) is 0 Å². The van der Waals surface area contributed by atoms with Crippen molar-refractivity contribution in [2.24, 2.45) is 0 Å². The molecule has 4 aromatic carbocycles. The van der Waals surface area contributed by atoms with Crippen LogP contribution in [0.2, 0.25) is 0 Å². The number of esters is 4. The fourth-order valence-corrected chi connectivity index (χ4v) is 8.75. The van der Waals surface area contributed by atoms with Crippen LogP contribution in [0.4, 0.5) is 0 Å². The fourth-order valence-electron chi connectivity index (χ4n) is 8.75. The van der Waals surface area contributed by atoms with Crippen molar-refractivity contribution in [3.8, 4) is 23.0 Å². The minimum atomic E-state index is -0.367. The molecule has 1 aliphatic carbocycles. The topological polar surface area (TPSA) is 105 Å². The van der Waals surface area contributed by atoms with Crippen LogP contribution in [0.1, 0.15) is 193 Å². The molecule has 0 spiro atoms. The molecule has 0 fully saturated rings. The second-order valence-corrected chi connectivity index (χ2v) is 17.4. The van der Waals surface area contributed by atoms with E-state index in [0.29, 0.717) is 91.1 Å². The lowest BCUT2D eigenvalue weighted by Gasteiger charge is -2.23. The van der Waals surface area contributed by atoms with Gasteiger partial charge in [0.2, 0.25) is 0 Å². The molecule has 0 saturated carbocycles. The number of carbonyl (C=O) groups is 4. The van der Waals surface area contributed by atoms with Crippen molar-refractivity contribution in [3.63, 3.8) is 0 Å². The number of unbranched alkanes of at least 4 members (excludes halogenated alkanes) is 16. The molecule has 0 radical (unpaired) electrons. The number of benzene rings is 4. The minimum Gasteiger partial charge on any atom is -0.425 e. The summed E-state index contributed by atoms with van der Waals surface area (Å²) in [7, 11) is 0. The normalized spacial score (nSPS) is 11.6. The average molecular weight is 849 g/mol. The summed E-state index contributed by atoms with van der Waals surface area (Å²) in [6.07, 6.45) is 20.5. The summed E-state index contributed by atoms with van der Waals surface area (Å²) in [5.41, 5.74) is 1.66. The van der Waals surface area contributed by atoms with Gasteiger partial charge in [0.05, 0.1) is 0 Å². The van der Waals surface area contributed by atoms with Crippen molar-refractivity contribution >= 4 is 45.4 Å². The van der Waals surface area contributed by atoms with E-state index >= 15 is 0 Å². The molecule has 0 aliphatic heterocycles. The first-order valence-corrected chi connectivity index (χ1v) is 24.2. The zero-order chi connectivity index (χ0) is 44.4. The van der Waals surface area contributed by atoms with Gasteiger partial charge in [-0.3, -0.25) is 19.2 Å². The van der Waals surface area contributed by atoms with Gasteiger partial charge in [-0.25, -0.2) is 0 Å². The van der Waals surface area contributed by atoms with E-state index in [1.54, 1.807) is 0 Å². The zero-order valence-corrected chi connectivity index (χ0v) is 38.7. The van der Waals surface area contributed by atoms with Gasteiger partial charge in [-0.05, 0) is 50.7 Å². The van der Waals surface area contributed by atoms with Crippen molar-refractivity contribution in [2.45, 2.75) is 196 Å². The number of ether oxygens (including phenoxy) is 4. The number of hydrogen-bond acceptors (Lipinski definition) is 8. The standard InChI is InChI=1S/C54H72O8/c1-7-11-15-19-23-33-41(55)59-51-39-31-27-29-37(5)45(39)53(61-43(57)35-25-21-17-13-9-3)49-47(51)48-50(49)54(62-44(58)36-26-22-18-14-10-4)46-38(6)30-28-32-40(46)52(48)60-42(56)34-24-20-16-12-8-2/h27-32H,7-26,33-36H2,1-6H3. The lowest BCUT2D eigenvalue weighted by atomic mass is 9.89. The van der Waals surface area contributed by atoms with Gasteiger partial charge < -0.3 is 18.9 Å². The van der Waals surface area contributed by atoms with E-state index in [1.165, 1.54) is 0 Å². The Morgan fingerprint density at radius 3 is 0.903 bits per heavy atom. The van der Waals surface area contributed by atoms with Crippen molar-refractivity contribution in [1.29, 1.82) is 0 Å². The van der Waals surface area contributed by atoms with Crippen molar-refractivity contribution < 1.29 is 38.1 Å². The lowest BCUT2D eigenvalue weighted by Crippen LogP contribution is -2.16. The van der Waals surface area contributed by atoms with E-state index in [-0.39, 0.29) is 49.6 Å². The molecule has 0 unspecified atom stereocenters. The summed E-state index contributed by atoms with van der Waals surface area (Å²) in [5, 5.41) is 4.56. The molecule has 1 aliphatic rings. The van der Waals surface area contributed by atoms with Gasteiger partial charge in [0.25, 0.3) is 0 Å². The van der Waals surface area contributed by atoms with Crippen LogP contribution in [0.5, 0.6) is 23.0 Å². The van der Waals surface area contributed by atoms with E-state index in [4.69, 9.17) is 18.9 Å². The molecular weight excluding hydrogens is 777 g/mol. The van der Waals surface area contributed by atoms with Crippen LogP contribution in [0, 0.1) is 34.7 Å². The van der Waals surface area contributed by atoms with Crippen LogP contribution in [-0.2, 0) is 19.2 Å². The Morgan fingerprint density at radius 1 is 0.355 bits per heavy atom. The predicted octanol–water partition coefficient (Wildman–Crippen LogP) is 14.6. The third-order valence-corrected chi connectivity index (χ3v) is 12.2. The molecule has 4 aromatic rings. The molecular formula is C54H72O8. The molecule has 0 saturated heterocycles. The summed E-state index contributed by atoms with van der Waals surface area (Å²) in [4.78, 5) is 55.5. The number of fused-ring (bicyclic) bond motifs is 4. The van der Waals surface area contributed by atoms with Crippen LogP contribution >= 0.6 is 0 Å². The van der Waals surface area contributed by atoms with E-state index in [9.17, 15) is 19.2 Å². The molecule has 0 N–H and O–H groups in total. The van der Waals surface area contributed by atoms with Gasteiger partial charge in [0.1, 0.15) is 23.0 Å². The first kappa shape index (κ1) is 48.3. The van der Waals surface area contributed by atoms with Gasteiger partial charge in [-0.1, -0.05) is 167 Å². The molecule has 8 heteroatoms. The molecule has 0 amide bonds. The molecule has 336 valence electrons. The van der Waals surface area contributed by atoms with Crippen LogP contribution in [0.25, 0.3) is 21.5 Å². The number of carbonyl (C=O) groups excluding carboxylic acids is 4. The van der Waals surface area contributed by atoms with Gasteiger partial charge in [0.15, 0.2) is 0 Å². The Balaban J connectivity index is 1.80. The maximum Gasteiger partial charge on any atom is 0.311 e. The molecule has 0 heterocycles. The first-order chi connectivity index (χ1) is 30.2. The molecule has 62 heavy (non-hydrogen) atoms.